The first kappa shape index (κ1) is 23.3. The van der Waals surface area contributed by atoms with E-state index in [2.05, 4.69) is 14.8 Å². The molecule has 9 nitrogen and oxygen atoms in total. The summed E-state index contributed by atoms with van der Waals surface area (Å²) in [5, 5.41) is 2.57. The largest absolute Gasteiger partial charge is 0.468 e. The summed E-state index contributed by atoms with van der Waals surface area (Å²) >= 11 is 0. The number of carbonyl (C=O) groups is 2. The van der Waals surface area contributed by atoms with Gasteiger partial charge < -0.3 is 20.5 Å². The maximum absolute atomic E-state index is 12.1. The van der Waals surface area contributed by atoms with Gasteiger partial charge in [0, 0.05) is 19.3 Å². The maximum atomic E-state index is 12.1. The van der Waals surface area contributed by atoms with Crippen LogP contribution in [0.3, 0.4) is 0 Å². The SMILES string of the molecule is COC(=O)CNS(=O)(=O)c1cccc(NC(=O)CC(CN)OC)c1.Cl. The molecule has 0 fully saturated rings. The van der Waals surface area contributed by atoms with Gasteiger partial charge in [-0.3, -0.25) is 9.59 Å². The van der Waals surface area contributed by atoms with Crippen molar-refractivity contribution < 1.29 is 27.5 Å². The van der Waals surface area contributed by atoms with Gasteiger partial charge in [0.05, 0.1) is 24.5 Å². The fourth-order valence-corrected chi connectivity index (χ4v) is 2.75. The maximum Gasteiger partial charge on any atom is 0.320 e. The van der Waals surface area contributed by atoms with Crippen molar-refractivity contribution in [3.05, 3.63) is 24.3 Å². The molecule has 0 aliphatic rings. The number of nitrogens with two attached hydrogens (primary N) is 1. The minimum Gasteiger partial charge on any atom is -0.468 e. The lowest BCUT2D eigenvalue weighted by Gasteiger charge is -2.13. The lowest BCUT2D eigenvalue weighted by atomic mass is 10.2. The van der Waals surface area contributed by atoms with Crippen molar-refractivity contribution in [2.24, 2.45) is 5.73 Å². The molecule has 0 radical (unpaired) electrons. The van der Waals surface area contributed by atoms with Crippen LogP contribution in [0, 0.1) is 0 Å². The van der Waals surface area contributed by atoms with E-state index in [1.54, 1.807) is 6.07 Å². The second kappa shape index (κ2) is 11.0. The number of sulfonamides is 1. The Morgan fingerprint density at radius 3 is 2.52 bits per heavy atom. The summed E-state index contributed by atoms with van der Waals surface area (Å²) < 4.78 is 35.7. The number of nitrogens with one attached hydrogen (secondary N) is 2. The molecule has 1 unspecified atom stereocenters. The molecular formula is C14H22ClN3O6S. The first-order chi connectivity index (χ1) is 11.3. The number of hydrogen-bond donors (Lipinski definition) is 3. The third-order valence-electron chi connectivity index (χ3n) is 3.07. The van der Waals surface area contributed by atoms with Gasteiger partial charge in [0.15, 0.2) is 0 Å². The van der Waals surface area contributed by atoms with Crippen molar-refractivity contribution in [2.75, 3.05) is 32.6 Å². The van der Waals surface area contributed by atoms with Crippen LogP contribution in [-0.2, 0) is 29.1 Å². The van der Waals surface area contributed by atoms with Crippen molar-refractivity contribution in [2.45, 2.75) is 17.4 Å². The molecule has 0 spiro atoms. The van der Waals surface area contributed by atoms with Gasteiger partial charge in [-0.1, -0.05) is 6.07 Å². The third-order valence-corrected chi connectivity index (χ3v) is 4.47. The van der Waals surface area contributed by atoms with E-state index in [-0.39, 0.29) is 36.2 Å². The molecule has 1 aromatic carbocycles. The van der Waals surface area contributed by atoms with E-state index < -0.39 is 28.6 Å². The van der Waals surface area contributed by atoms with Crippen LogP contribution in [0.2, 0.25) is 0 Å². The van der Waals surface area contributed by atoms with Gasteiger partial charge in [0.25, 0.3) is 0 Å². The zero-order valence-corrected chi connectivity index (χ0v) is 15.5. The number of halogens is 1. The zero-order chi connectivity index (χ0) is 18.2. The van der Waals surface area contributed by atoms with Crippen molar-refractivity contribution in [3.8, 4) is 0 Å². The molecular weight excluding hydrogens is 374 g/mol. The van der Waals surface area contributed by atoms with Crippen LogP contribution in [0.15, 0.2) is 29.2 Å². The van der Waals surface area contributed by atoms with E-state index in [0.717, 1.165) is 7.11 Å². The summed E-state index contributed by atoms with van der Waals surface area (Å²) in [5.41, 5.74) is 5.74. The first-order valence-corrected chi connectivity index (χ1v) is 8.50. The Morgan fingerprint density at radius 2 is 1.96 bits per heavy atom. The third kappa shape index (κ3) is 7.80. The van der Waals surface area contributed by atoms with Gasteiger partial charge >= 0.3 is 5.97 Å². The standard InChI is InChI=1S/C14H21N3O6S.ClH/c1-22-11(8-15)7-13(18)17-10-4-3-5-12(6-10)24(20,21)16-9-14(19)23-2;/h3-6,11,16H,7-9,15H2,1-2H3,(H,17,18);1H. The van der Waals surface area contributed by atoms with Crippen molar-refractivity contribution in [1.29, 1.82) is 0 Å². The van der Waals surface area contributed by atoms with Crippen LogP contribution in [0.5, 0.6) is 0 Å². The van der Waals surface area contributed by atoms with Crippen LogP contribution in [-0.4, -0.2) is 53.7 Å². The number of esters is 1. The summed E-state index contributed by atoms with van der Waals surface area (Å²) in [5.74, 6) is -1.07. The number of hydrogen-bond acceptors (Lipinski definition) is 7. The average Bonchev–Trinajstić information content (AvgIpc) is 2.57. The van der Waals surface area contributed by atoms with Gasteiger partial charge in [-0.05, 0) is 18.2 Å². The number of benzene rings is 1. The fourth-order valence-electron chi connectivity index (χ4n) is 1.73. The quantitative estimate of drug-likeness (QED) is 0.495. The summed E-state index contributed by atoms with van der Waals surface area (Å²) in [7, 11) is -1.30. The molecule has 1 rings (SSSR count). The molecule has 4 N–H and O–H groups in total. The predicted molar refractivity (Wildman–Crippen MR) is 94.0 cm³/mol. The number of carbonyl (C=O) groups excluding carboxylic acids is 2. The van der Waals surface area contributed by atoms with E-state index in [9.17, 15) is 18.0 Å². The number of rotatable bonds is 9. The first-order valence-electron chi connectivity index (χ1n) is 7.01. The van der Waals surface area contributed by atoms with E-state index in [0.29, 0.717) is 5.69 Å². The lowest BCUT2D eigenvalue weighted by Crippen LogP contribution is -2.30. The highest BCUT2D eigenvalue weighted by molar-refractivity contribution is 7.89. The van der Waals surface area contributed by atoms with Gasteiger partial charge in [-0.25, -0.2) is 8.42 Å². The summed E-state index contributed by atoms with van der Waals surface area (Å²) in [4.78, 5) is 22.8. The average molecular weight is 396 g/mol. The van der Waals surface area contributed by atoms with Gasteiger partial charge in [-0.2, -0.15) is 4.72 Å². The molecule has 25 heavy (non-hydrogen) atoms. The number of amides is 1. The van der Waals surface area contributed by atoms with Gasteiger partial charge in [0.1, 0.15) is 6.54 Å². The Labute approximate surface area is 152 Å². The normalized spacial score (nSPS) is 12.0. The van der Waals surface area contributed by atoms with E-state index in [1.165, 1.54) is 25.3 Å². The molecule has 142 valence electrons. The fraction of sp³-hybridized carbons (Fsp3) is 0.429. The highest BCUT2D eigenvalue weighted by Crippen LogP contribution is 2.16. The topological polar surface area (TPSA) is 137 Å². The van der Waals surface area contributed by atoms with E-state index >= 15 is 0 Å². The van der Waals surface area contributed by atoms with Crippen LogP contribution < -0.4 is 15.8 Å². The monoisotopic (exact) mass is 395 g/mol. The molecule has 1 aromatic rings. The molecule has 0 aromatic heterocycles. The minimum absolute atomic E-state index is 0. The molecule has 1 atom stereocenters. The summed E-state index contributed by atoms with van der Waals surface area (Å²) in [6.45, 7) is -0.294. The highest BCUT2D eigenvalue weighted by Gasteiger charge is 2.17. The van der Waals surface area contributed by atoms with E-state index in [1.807, 2.05) is 0 Å². The molecule has 11 heteroatoms. The van der Waals surface area contributed by atoms with Crippen LogP contribution in [0.25, 0.3) is 0 Å². The number of ether oxygens (including phenoxy) is 2. The molecule has 0 aliphatic carbocycles. The minimum atomic E-state index is -3.90. The Hall–Kier alpha value is -1.72. The van der Waals surface area contributed by atoms with Crippen LogP contribution >= 0.6 is 12.4 Å². The highest BCUT2D eigenvalue weighted by atomic mass is 35.5. The molecule has 0 saturated carbocycles. The molecule has 1 amide bonds. The zero-order valence-electron chi connectivity index (χ0n) is 13.9. The predicted octanol–water partition coefficient (Wildman–Crippen LogP) is -0.138. The second-order valence-electron chi connectivity index (χ2n) is 4.77. The Bertz CT molecular complexity index is 679. The van der Waals surface area contributed by atoms with E-state index in [4.69, 9.17) is 10.5 Å². The molecule has 0 saturated heterocycles. The molecule has 0 aliphatic heterocycles. The van der Waals surface area contributed by atoms with Crippen LogP contribution in [0.4, 0.5) is 5.69 Å². The summed E-state index contributed by atoms with van der Waals surface area (Å²) in [6, 6.07) is 5.63. The van der Waals surface area contributed by atoms with Crippen molar-refractivity contribution in [3.63, 3.8) is 0 Å². The number of anilines is 1. The molecule has 0 bridgehead atoms. The number of methoxy groups -OCH3 is 2. The van der Waals surface area contributed by atoms with Gasteiger partial charge in [-0.15, -0.1) is 12.4 Å². The Morgan fingerprint density at radius 1 is 1.28 bits per heavy atom. The van der Waals surface area contributed by atoms with Crippen LogP contribution in [0.1, 0.15) is 6.42 Å². The van der Waals surface area contributed by atoms with Gasteiger partial charge in [0.2, 0.25) is 15.9 Å². The summed E-state index contributed by atoms with van der Waals surface area (Å²) in [6.07, 6.45) is -0.372. The second-order valence-corrected chi connectivity index (χ2v) is 6.54. The molecule has 0 heterocycles. The Balaban J connectivity index is 0.00000576. The lowest BCUT2D eigenvalue weighted by molar-refractivity contribution is -0.139. The van der Waals surface area contributed by atoms with Crippen molar-refractivity contribution in [1.82, 2.24) is 4.72 Å². The smallest absolute Gasteiger partial charge is 0.320 e. The Kier molecular flexibility index (Phi) is 10.2. The van der Waals surface area contributed by atoms with Crippen molar-refractivity contribution >= 4 is 40.0 Å².